The fourth-order valence-corrected chi connectivity index (χ4v) is 3.96. The molecule has 1 saturated heterocycles. The van der Waals surface area contributed by atoms with Crippen molar-refractivity contribution in [2.24, 2.45) is 5.92 Å². The molecule has 7 nitrogen and oxygen atoms in total. The van der Waals surface area contributed by atoms with E-state index >= 15 is 0 Å². The average Bonchev–Trinajstić information content (AvgIpc) is 3.19. The number of carbonyl (C=O) groups is 1. The molecule has 0 radical (unpaired) electrons. The Morgan fingerprint density at radius 2 is 1.75 bits per heavy atom. The third-order valence-corrected chi connectivity index (χ3v) is 5.76. The molecule has 0 saturated carbocycles. The lowest BCUT2D eigenvalue weighted by Gasteiger charge is -2.32. The Morgan fingerprint density at radius 3 is 2.38 bits per heavy atom. The van der Waals surface area contributed by atoms with Crippen molar-refractivity contribution < 1.29 is 26.7 Å². The Balaban J connectivity index is 1.37. The summed E-state index contributed by atoms with van der Waals surface area (Å²) in [6.07, 6.45) is -3.70. The number of thioether (sulfide) groups is 1. The molecule has 2 aromatic heterocycles. The highest BCUT2D eigenvalue weighted by molar-refractivity contribution is 7.99. The highest BCUT2D eigenvalue weighted by Crippen LogP contribution is 2.29. The van der Waals surface area contributed by atoms with Crippen molar-refractivity contribution in [3.05, 3.63) is 42.2 Å². The first-order valence-electron chi connectivity index (χ1n) is 9.61. The Morgan fingerprint density at radius 1 is 1.06 bits per heavy atom. The second-order valence-corrected chi connectivity index (χ2v) is 8.20. The molecule has 1 N–H and O–H groups in total. The van der Waals surface area contributed by atoms with Crippen LogP contribution in [-0.4, -0.2) is 44.6 Å². The number of aromatic nitrogens is 4. The van der Waals surface area contributed by atoms with Gasteiger partial charge in [0, 0.05) is 29.6 Å². The lowest BCUT2D eigenvalue weighted by atomic mass is 9.96. The largest absolute Gasteiger partial charge is 0.453 e. The van der Waals surface area contributed by atoms with Gasteiger partial charge in [0.05, 0.1) is 0 Å². The third-order valence-electron chi connectivity index (χ3n) is 5.04. The van der Waals surface area contributed by atoms with Gasteiger partial charge in [-0.25, -0.2) is 0 Å². The second-order valence-electron chi connectivity index (χ2n) is 7.14. The number of halogens is 5. The fraction of sp³-hybridized carbons (Fsp3) is 0.368. The van der Waals surface area contributed by atoms with Gasteiger partial charge < -0.3 is 10.2 Å². The number of nitrogens with one attached hydrogen (secondary N) is 1. The number of carbonyl (C=O) groups excluding carboxylic acids is 1. The molecule has 32 heavy (non-hydrogen) atoms. The molecule has 3 aromatic rings. The van der Waals surface area contributed by atoms with E-state index in [1.807, 2.05) is 0 Å². The maximum absolute atomic E-state index is 13.1. The van der Waals surface area contributed by atoms with Gasteiger partial charge in [0.25, 0.3) is 11.6 Å². The Kier molecular flexibility index (Phi) is 6.17. The van der Waals surface area contributed by atoms with Crippen LogP contribution in [0.3, 0.4) is 0 Å². The van der Waals surface area contributed by atoms with E-state index in [0.29, 0.717) is 58.6 Å². The molecule has 1 aliphatic rings. The number of alkyl halides is 5. The molecule has 0 spiro atoms. The van der Waals surface area contributed by atoms with Gasteiger partial charge in [-0.3, -0.25) is 4.79 Å². The highest BCUT2D eigenvalue weighted by atomic mass is 32.2. The fourth-order valence-electron chi connectivity index (χ4n) is 3.46. The SMILES string of the molecule is O=C(Nc1ccc(SC(F)F)cc1)C1CCN(c2ccc3nnc(C(F)(F)F)n3n2)CC1. The summed E-state index contributed by atoms with van der Waals surface area (Å²) in [5.41, 5.74) is 0.503. The van der Waals surface area contributed by atoms with Crippen molar-refractivity contribution >= 4 is 34.8 Å². The number of amides is 1. The van der Waals surface area contributed by atoms with Crippen LogP contribution in [0.15, 0.2) is 41.3 Å². The first-order chi connectivity index (χ1) is 15.2. The van der Waals surface area contributed by atoms with Crippen LogP contribution in [0.5, 0.6) is 0 Å². The minimum absolute atomic E-state index is 0.00620. The van der Waals surface area contributed by atoms with E-state index in [1.54, 1.807) is 23.1 Å². The van der Waals surface area contributed by atoms with Gasteiger partial charge in [-0.2, -0.15) is 26.5 Å². The van der Waals surface area contributed by atoms with Crippen LogP contribution in [0.2, 0.25) is 0 Å². The van der Waals surface area contributed by atoms with Crippen molar-refractivity contribution in [3.8, 4) is 0 Å². The minimum atomic E-state index is -4.67. The smallest absolute Gasteiger partial charge is 0.355 e. The van der Waals surface area contributed by atoms with Gasteiger partial charge in [0.2, 0.25) is 5.91 Å². The van der Waals surface area contributed by atoms with Crippen molar-refractivity contribution in [1.29, 1.82) is 0 Å². The summed E-state index contributed by atoms with van der Waals surface area (Å²) in [5.74, 6) is -3.84. The zero-order valence-corrected chi connectivity index (χ0v) is 17.2. The van der Waals surface area contributed by atoms with E-state index in [-0.39, 0.29) is 17.5 Å². The molecule has 1 amide bonds. The van der Waals surface area contributed by atoms with E-state index in [9.17, 15) is 26.7 Å². The molecule has 3 heterocycles. The van der Waals surface area contributed by atoms with Gasteiger partial charge in [0.15, 0.2) is 5.65 Å². The molecule has 1 aliphatic heterocycles. The van der Waals surface area contributed by atoms with Crippen LogP contribution in [0.1, 0.15) is 18.7 Å². The van der Waals surface area contributed by atoms with Crippen molar-refractivity contribution in [2.45, 2.75) is 29.7 Å². The first kappa shape index (κ1) is 22.2. The zero-order chi connectivity index (χ0) is 22.9. The van der Waals surface area contributed by atoms with Gasteiger partial charge in [-0.15, -0.1) is 15.3 Å². The third kappa shape index (κ3) is 4.92. The molecular weight excluding hydrogens is 455 g/mol. The number of hydrogen-bond acceptors (Lipinski definition) is 6. The second kappa shape index (κ2) is 8.88. The summed E-state index contributed by atoms with van der Waals surface area (Å²) in [7, 11) is 0. The summed E-state index contributed by atoms with van der Waals surface area (Å²) in [5, 5.41) is 13.5. The van der Waals surface area contributed by atoms with Crippen LogP contribution < -0.4 is 10.2 Å². The number of fused-ring (bicyclic) bond motifs is 1. The first-order valence-corrected chi connectivity index (χ1v) is 10.5. The van der Waals surface area contributed by atoms with Gasteiger partial charge >= 0.3 is 6.18 Å². The lowest BCUT2D eigenvalue weighted by Crippen LogP contribution is -2.38. The van der Waals surface area contributed by atoms with Gasteiger partial charge in [-0.1, -0.05) is 11.8 Å². The predicted molar refractivity (Wildman–Crippen MR) is 108 cm³/mol. The maximum Gasteiger partial charge on any atom is 0.453 e. The number of benzene rings is 1. The summed E-state index contributed by atoms with van der Waals surface area (Å²) < 4.78 is 64.6. The zero-order valence-electron chi connectivity index (χ0n) is 16.4. The summed E-state index contributed by atoms with van der Waals surface area (Å²) in [6, 6.07) is 9.14. The van der Waals surface area contributed by atoms with Gasteiger partial charge in [-0.05, 0) is 49.2 Å². The molecule has 0 atom stereocenters. The van der Waals surface area contributed by atoms with E-state index in [4.69, 9.17) is 0 Å². The van der Waals surface area contributed by atoms with E-state index in [1.165, 1.54) is 18.2 Å². The molecule has 1 aromatic carbocycles. The molecule has 1 fully saturated rings. The van der Waals surface area contributed by atoms with Crippen LogP contribution in [0, 0.1) is 5.92 Å². The lowest BCUT2D eigenvalue weighted by molar-refractivity contribution is -0.146. The molecule has 0 bridgehead atoms. The molecule has 13 heteroatoms. The van der Waals surface area contributed by atoms with E-state index < -0.39 is 17.8 Å². The van der Waals surface area contributed by atoms with E-state index in [2.05, 4.69) is 20.6 Å². The van der Waals surface area contributed by atoms with E-state index in [0.717, 1.165) is 0 Å². The standard InChI is InChI=1S/C19H17F5N6OS/c20-18(21)32-13-3-1-12(2-4-13)25-16(31)11-7-9-29(10-8-11)15-6-5-14-26-27-17(19(22,23)24)30(14)28-15/h1-6,11,18H,7-10H2,(H,25,31). The highest BCUT2D eigenvalue weighted by Gasteiger charge is 2.38. The van der Waals surface area contributed by atoms with Crippen LogP contribution in [-0.2, 0) is 11.0 Å². The minimum Gasteiger partial charge on any atom is -0.355 e. The van der Waals surface area contributed by atoms with Crippen LogP contribution in [0.25, 0.3) is 5.65 Å². The Labute approximate surface area is 183 Å². The number of piperidine rings is 1. The predicted octanol–water partition coefficient (Wildman–Crippen LogP) is 4.31. The van der Waals surface area contributed by atoms with Crippen molar-refractivity contribution in [3.63, 3.8) is 0 Å². The summed E-state index contributed by atoms with van der Waals surface area (Å²) >= 11 is 0.426. The van der Waals surface area contributed by atoms with Crippen LogP contribution >= 0.6 is 11.8 Å². The quantitative estimate of drug-likeness (QED) is 0.441. The Hall–Kier alpha value is -2.96. The van der Waals surface area contributed by atoms with Crippen molar-refractivity contribution in [2.75, 3.05) is 23.3 Å². The molecule has 0 aliphatic carbocycles. The topological polar surface area (TPSA) is 75.4 Å². The number of hydrogen-bond donors (Lipinski definition) is 1. The summed E-state index contributed by atoms with van der Waals surface area (Å²) in [6.45, 7) is 0.869. The van der Waals surface area contributed by atoms with Crippen molar-refractivity contribution in [1.82, 2.24) is 19.8 Å². The monoisotopic (exact) mass is 472 g/mol. The summed E-state index contributed by atoms with van der Waals surface area (Å²) in [4.78, 5) is 14.8. The molecule has 0 unspecified atom stereocenters. The molecule has 170 valence electrons. The number of anilines is 2. The average molecular weight is 472 g/mol. The van der Waals surface area contributed by atoms with Gasteiger partial charge in [0.1, 0.15) is 5.82 Å². The Bertz CT molecular complexity index is 1100. The van der Waals surface area contributed by atoms with Crippen LogP contribution in [0.4, 0.5) is 33.5 Å². The number of rotatable bonds is 5. The number of nitrogens with zero attached hydrogens (tertiary/aromatic N) is 5. The molecule has 4 rings (SSSR count). The maximum atomic E-state index is 13.1. The molecular formula is C19H17F5N6OS. The normalized spacial score (nSPS) is 15.5.